The van der Waals surface area contributed by atoms with Gasteiger partial charge >= 0.3 is 5.97 Å². The van der Waals surface area contributed by atoms with Crippen molar-refractivity contribution in [1.29, 1.82) is 0 Å². The lowest BCUT2D eigenvalue weighted by molar-refractivity contribution is -0.139. The van der Waals surface area contributed by atoms with Gasteiger partial charge in [-0.05, 0) is 120 Å². The van der Waals surface area contributed by atoms with E-state index in [-0.39, 0.29) is 17.5 Å². The summed E-state index contributed by atoms with van der Waals surface area (Å²) in [5.41, 5.74) is 8.52. The Kier molecular flexibility index (Phi) is 108. The Bertz CT molecular complexity index is 1600. The maximum atomic E-state index is 10.1. The van der Waals surface area contributed by atoms with Crippen LogP contribution < -0.4 is 5.73 Å². The number of pyridine rings is 3. The van der Waals surface area contributed by atoms with Crippen LogP contribution in [0.15, 0.2) is 154 Å². The van der Waals surface area contributed by atoms with Gasteiger partial charge in [0.1, 0.15) is 5.76 Å². The standard InChI is InChI=1S/C10H8N2.C6H8O.C5H5N.C5H8O2.C5H8O.C5H4.C4H6O.C4H10.C3H9N.C3H6.C3H4.3C2H6/c1-3-7-11-9(5-1)10-6-2-4-8-12-10;1-5-3-4-7-6(5)2;1-2-4-6-5-3-1;1-3-4-5(6)7-2;1-4(2)5(3)6;1-3-5-4-2;1-3-4(2)5;1-3-4-2;1-2-3-4;2*1-3-2;3*1-2/h1-8H;1-4H2;1-5H;3H,1,4H2,2H3;1H2,2-3H3;1H,2H3;3H,1H2,2H3;3-4H2,1-2H3;2-4H2,1H3;3H,1H2,2H3;1H,2H3;3*1-2H3. The normalized spacial score (nSPS) is 8.10. The third-order valence-electron chi connectivity index (χ3n) is 5.65. The highest BCUT2D eigenvalue weighted by atomic mass is 16.5. The highest BCUT2D eigenvalue weighted by Gasteiger charge is 2.07. The fraction of sp³-hybridized carbons (Fsp3) is 0.390. The molecule has 0 unspecified atom stereocenters. The average Bonchev–Trinajstić information content (AvgIpc) is 3.77. The van der Waals surface area contributed by atoms with E-state index in [0.29, 0.717) is 12.0 Å². The van der Waals surface area contributed by atoms with Crippen molar-refractivity contribution in [2.24, 2.45) is 5.73 Å². The second-order valence-corrected chi connectivity index (χ2v) is 11.3. The van der Waals surface area contributed by atoms with Gasteiger partial charge in [0.15, 0.2) is 11.6 Å². The molecule has 2 N–H and O–H groups in total. The van der Waals surface area contributed by atoms with Gasteiger partial charge in [0.2, 0.25) is 0 Å². The molecule has 0 saturated carbocycles. The molecule has 0 amide bonds. The van der Waals surface area contributed by atoms with Crippen molar-refractivity contribution in [2.75, 3.05) is 20.3 Å². The number of allylic oxidation sites excluding steroid dienone is 4. The molecule has 4 rings (SSSR count). The molecule has 4 heterocycles. The van der Waals surface area contributed by atoms with Crippen LogP contribution in [-0.4, -0.2) is 52.7 Å². The van der Waals surface area contributed by atoms with Gasteiger partial charge in [0, 0.05) is 31.2 Å². The summed E-state index contributed by atoms with van der Waals surface area (Å²) in [6.45, 7) is 50.6. The zero-order valence-electron chi connectivity index (χ0n) is 45.5. The van der Waals surface area contributed by atoms with Gasteiger partial charge in [-0.15, -0.1) is 31.9 Å². The smallest absolute Gasteiger partial charge is 0.309 e. The fourth-order valence-corrected chi connectivity index (χ4v) is 2.15. The number of ketones is 2. The second kappa shape index (κ2) is 87.1. The summed E-state index contributed by atoms with van der Waals surface area (Å²) in [5.74, 6) is 9.93. The average molecular weight is 939 g/mol. The maximum Gasteiger partial charge on any atom is 0.309 e. The van der Waals surface area contributed by atoms with Gasteiger partial charge in [-0.25, -0.2) is 0 Å². The predicted octanol–water partition coefficient (Wildman–Crippen LogP) is 15.1. The van der Waals surface area contributed by atoms with E-state index in [0.717, 1.165) is 48.7 Å². The van der Waals surface area contributed by atoms with Crippen LogP contribution in [0.25, 0.3) is 11.4 Å². The molecule has 1 saturated heterocycles. The summed E-state index contributed by atoms with van der Waals surface area (Å²) in [7, 11) is 1.35. The Morgan fingerprint density at radius 3 is 1.25 bits per heavy atom. The SMILES string of the molecule is C#CC.C#CC#CC.C=C(C)C(C)=O.C=C1CCOC1=C.C=CC.C=CC(C)=O.C=CCC(=O)OC.CC.CC.CC.CCCC.CCCN.c1ccc(-c2ccccn2)nc1.c1ccncc1. The zero-order valence-corrected chi connectivity index (χ0v) is 45.5. The third-order valence-corrected chi connectivity index (χ3v) is 5.65. The Morgan fingerprint density at radius 2 is 1.15 bits per heavy atom. The molecule has 1 aliphatic heterocycles. The zero-order chi connectivity index (χ0) is 55.2. The van der Waals surface area contributed by atoms with Crippen LogP contribution in [0, 0.1) is 36.5 Å². The van der Waals surface area contributed by atoms with Gasteiger partial charge < -0.3 is 15.2 Å². The number of carbonyl (C=O) groups excluding carboxylic acids is 3. The van der Waals surface area contributed by atoms with Gasteiger partial charge in [0.25, 0.3) is 0 Å². The van der Waals surface area contributed by atoms with Crippen molar-refractivity contribution in [3.63, 3.8) is 0 Å². The monoisotopic (exact) mass is 939 g/mol. The summed E-state index contributed by atoms with van der Waals surface area (Å²) >= 11 is 0. The van der Waals surface area contributed by atoms with Crippen molar-refractivity contribution in [3.05, 3.63) is 154 Å². The third kappa shape index (κ3) is 103. The summed E-state index contributed by atoms with van der Waals surface area (Å²) in [5, 5.41) is 0. The molecule has 0 bridgehead atoms. The quantitative estimate of drug-likeness (QED) is 0.106. The minimum Gasteiger partial charge on any atom is -0.494 e. The van der Waals surface area contributed by atoms with E-state index in [1.807, 2.05) is 103 Å². The van der Waals surface area contributed by atoms with E-state index in [2.05, 4.69) is 110 Å². The van der Waals surface area contributed by atoms with Crippen LogP contribution in [-0.2, 0) is 23.9 Å². The van der Waals surface area contributed by atoms with Gasteiger partial charge in [0.05, 0.1) is 31.5 Å². The number of unbranched alkanes of at least 4 members (excludes halogenated alkanes) is 1. The molecular weight excluding hydrogens is 845 g/mol. The van der Waals surface area contributed by atoms with E-state index in [1.165, 1.54) is 46.0 Å². The number of ether oxygens (including phenoxy) is 2. The number of rotatable bonds is 7. The molecule has 1 aliphatic rings. The van der Waals surface area contributed by atoms with Crippen molar-refractivity contribution in [3.8, 4) is 47.9 Å². The summed E-state index contributed by atoms with van der Waals surface area (Å²) < 4.78 is 9.25. The van der Waals surface area contributed by atoms with E-state index >= 15 is 0 Å². The van der Waals surface area contributed by atoms with Gasteiger partial charge in [-0.2, -0.15) is 0 Å². The lowest BCUT2D eigenvalue weighted by atomic mass is 10.2. The molecule has 0 radical (unpaired) electrons. The molecule has 0 aromatic carbocycles. The van der Waals surface area contributed by atoms with Crippen molar-refractivity contribution in [2.45, 2.75) is 136 Å². The Hall–Kier alpha value is -6.86. The molecular formula is C59H94N4O5. The first kappa shape index (κ1) is 84.6. The number of esters is 1. The Morgan fingerprint density at radius 1 is 0.779 bits per heavy atom. The van der Waals surface area contributed by atoms with Gasteiger partial charge in [-0.3, -0.25) is 29.3 Å². The fourth-order valence-electron chi connectivity index (χ4n) is 2.15. The van der Waals surface area contributed by atoms with Crippen LogP contribution in [0.1, 0.15) is 136 Å². The number of hydrogen-bond acceptors (Lipinski definition) is 9. The molecule has 9 heteroatoms. The van der Waals surface area contributed by atoms with Gasteiger partial charge in [-0.1, -0.05) is 138 Å². The Labute approximate surface area is 418 Å². The highest BCUT2D eigenvalue weighted by Crippen LogP contribution is 2.18. The summed E-state index contributed by atoms with van der Waals surface area (Å²) in [6, 6.07) is 17.3. The van der Waals surface area contributed by atoms with Crippen LogP contribution in [0.4, 0.5) is 0 Å². The molecule has 0 aliphatic carbocycles. The first-order chi connectivity index (χ1) is 32.6. The summed E-state index contributed by atoms with van der Waals surface area (Å²) in [6.07, 6.45) is 25.9. The number of nitrogens with two attached hydrogens (primary N) is 1. The number of nitrogens with zero attached hydrogens (tertiary/aromatic N) is 3. The molecule has 0 atom stereocenters. The van der Waals surface area contributed by atoms with E-state index in [9.17, 15) is 14.4 Å². The summed E-state index contributed by atoms with van der Waals surface area (Å²) in [4.78, 5) is 42.0. The lowest BCUT2D eigenvalue weighted by Crippen LogP contribution is -1.95. The number of methoxy groups -OCH3 is 1. The number of carbonyl (C=O) groups is 3. The van der Waals surface area contributed by atoms with Crippen LogP contribution >= 0.6 is 0 Å². The van der Waals surface area contributed by atoms with Crippen molar-refractivity contribution in [1.82, 2.24) is 15.0 Å². The maximum absolute atomic E-state index is 10.1. The number of Topliss-reactive ketones (excluding diaryl/α,β-unsaturated/α-hetero) is 1. The molecule has 9 nitrogen and oxygen atoms in total. The van der Waals surface area contributed by atoms with Crippen LogP contribution in [0.2, 0.25) is 0 Å². The van der Waals surface area contributed by atoms with Crippen molar-refractivity contribution >= 4 is 17.5 Å². The van der Waals surface area contributed by atoms with Crippen LogP contribution in [0.5, 0.6) is 0 Å². The first-order valence-corrected chi connectivity index (χ1v) is 22.7. The number of aromatic nitrogens is 3. The highest BCUT2D eigenvalue weighted by molar-refractivity contribution is 5.91. The largest absolute Gasteiger partial charge is 0.494 e. The topological polar surface area (TPSA) is 134 Å². The minimum absolute atomic E-state index is 0.0185. The molecule has 3 aromatic heterocycles. The molecule has 380 valence electrons. The van der Waals surface area contributed by atoms with E-state index in [4.69, 9.17) is 16.9 Å². The predicted molar refractivity (Wildman–Crippen MR) is 300 cm³/mol. The minimum atomic E-state index is -0.241. The molecule has 3 aromatic rings. The molecule has 68 heavy (non-hydrogen) atoms. The van der Waals surface area contributed by atoms with E-state index < -0.39 is 0 Å². The first-order valence-electron chi connectivity index (χ1n) is 22.7. The number of hydrogen-bond donors (Lipinski definition) is 1. The Balaban J connectivity index is -0.0000000689. The second-order valence-electron chi connectivity index (χ2n) is 11.3. The molecule has 0 spiro atoms. The lowest BCUT2D eigenvalue weighted by Gasteiger charge is -1.96. The van der Waals surface area contributed by atoms with E-state index in [1.54, 1.807) is 51.6 Å². The number of terminal acetylenes is 2. The van der Waals surface area contributed by atoms with Crippen LogP contribution in [0.3, 0.4) is 0 Å². The molecule has 1 fully saturated rings. The van der Waals surface area contributed by atoms with Crippen molar-refractivity contribution < 1.29 is 23.9 Å².